The number of nitrogens with zero attached hydrogens (tertiary/aromatic N) is 2. The van der Waals surface area contributed by atoms with Crippen molar-refractivity contribution >= 4 is 11.7 Å². The maximum Gasteiger partial charge on any atom is 0.0928 e. The van der Waals surface area contributed by atoms with Gasteiger partial charge in [-0.2, -0.15) is 8.75 Å². The number of nitrogens with one attached hydrogen (secondary N) is 1. The number of rotatable bonds is 4. The van der Waals surface area contributed by atoms with Gasteiger partial charge in [-0.3, -0.25) is 11.3 Å². The fourth-order valence-corrected chi connectivity index (χ4v) is 3.38. The van der Waals surface area contributed by atoms with E-state index in [1.807, 2.05) is 6.20 Å². The molecule has 0 aliphatic heterocycles. The van der Waals surface area contributed by atoms with Crippen LogP contribution in [0, 0.1) is 11.8 Å². The fourth-order valence-electron chi connectivity index (χ4n) is 2.92. The molecular formula is C11H20N4S. The number of hydrazine groups is 1. The zero-order chi connectivity index (χ0) is 11.4. The van der Waals surface area contributed by atoms with Gasteiger partial charge in [0.05, 0.1) is 29.7 Å². The lowest BCUT2D eigenvalue weighted by atomic mass is 9.73. The first-order chi connectivity index (χ1) is 7.86. The van der Waals surface area contributed by atoms with E-state index in [0.29, 0.717) is 5.92 Å². The second kappa shape index (κ2) is 5.70. The van der Waals surface area contributed by atoms with Crippen LogP contribution in [0.2, 0.25) is 0 Å². The van der Waals surface area contributed by atoms with E-state index in [2.05, 4.69) is 21.1 Å². The molecular weight excluding hydrogens is 220 g/mol. The zero-order valence-corrected chi connectivity index (χ0v) is 10.5. The first kappa shape index (κ1) is 12.0. The van der Waals surface area contributed by atoms with Gasteiger partial charge in [0.2, 0.25) is 0 Å². The Balaban J connectivity index is 2.13. The Bertz CT molecular complexity index is 301. The smallest absolute Gasteiger partial charge is 0.0928 e. The third-order valence-electron chi connectivity index (χ3n) is 3.80. The highest BCUT2D eigenvalue weighted by Gasteiger charge is 2.32. The van der Waals surface area contributed by atoms with Gasteiger partial charge in [-0.15, -0.1) is 0 Å². The number of nitrogens with two attached hydrogens (primary N) is 1. The number of aromatic nitrogens is 2. The van der Waals surface area contributed by atoms with Crippen molar-refractivity contribution in [2.75, 3.05) is 0 Å². The minimum absolute atomic E-state index is 0.184. The zero-order valence-electron chi connectivity index (χ0n) is 9.72. The average molecular weight is 240 g/mol. The molecule has 0 radical (unpaired) electrons. The van der Waals surface area contributed by atoms with E-state index >= 15 is 0 Å². The van der Waals surface area contributed by atoms with Crippen molar-refractivity contribution in [3.05, 3.63) is 11.9 Å². The monoisotopic (exact) mass is 240 g/mol. The normalized spacial score (nSPS) is 27.9. The Morgan fingerprint density at radius 2 is 2.38 bits per heavy atom. The molecule has 4 nitrogen and oxygen atoms in total. The van der Waals surface area contributed by atoms with E-state index in [1.54, 1.807) is 0 Å². The van der Waals surface area contributed by atoms with E-state index in [1.165, 1.54) is 43.8 Å². The molecule has 5 heteroatoms. The highest BCUT2D eigenvalue weighted by molar-refractivity contribution is 6.99. The van der Waals surface area contributed by atoms with Crippen LogP contribution < -0.4 is 11.3 Å². The topological polar surface area (TPSA) is 63.8 Å². The maximum atomic E-state index is 5.70. The van der Waals surface area contributed by atoms with Crippen molar-refractivity contribution in [1.82, 2.24) is 14.2 Å². The molecule has 3 atom stereocenters. The van der Waals surface area contributed by atoms with Crippen LogP contribution in [0.4, 0.5) is 0 Å². The van der Waals surface area contributed by atoms with E-state index in [-0.39, 0.29) is 6.04 Å². The Morgan fingerprint density at radius 1 is 1.56 bits per heavy atom. The van der Waals surface area contributed by atoms with Gasteiger partial charge in [-0.25, -0.2) is 0 Å². The highest BCUT2D eigenvalue weighted by Crippen LogP contribution is 2.39. The molecule has 1 saturated carbocycles. The molecule has 16 heavy (non-hydrogen) atoms. The molecule has 1 aliphatic rings. The van der Waals surface area contributed by atoms with E-state index in [0.717, 1.165) is 11.6 Å². The molecule has 3 N–H and O–H groups in total. The summed E-state index contributed by atoms with van der Waals surface area (Å²) in [5.41, 5.74) is 3.95. The average Bonchev–Trinajstić information content (AvgIpc) is 2.84. The standard InChI is InChI=1S/C11H20N4S/c1-2-8-5-3-4-6-9(8)11(14-12)10-7-13-16-15-10/h7-9,11,14H,2-6,12H2,1H3. The fraction of sp³-hybridized carbons (Fsp3) is 0.818. The van der Waals surface area contributed by atoms with Crippen LogP contribution in [0.15, 0.2) is 6.20 Å². The molecule has 2 rings (SSSR count). The third kappa shape index (κ3) is 2.42. The summed E-state index contributed by atoms with van der Waals surface area (Å²) >= 11 is 1.26. The van der Waals surface area contributed by atoms with Gasteiger partial charge in [0.25, 0.3) is 0 Å². The SMILES string of the molecule is CCC1CCCCC1C(NN)c1cnsn1. The quantitative estimate of drug-likeness (QED) is 0.626. The maximum absolute atomic E-state index is 5.70. The molecule has 1 aromatic rings. The predicted octanol–water partition coefficient (Wildman–Crippen LogP) is 2.26. The summed E-state index contributed by atoms with van der Waals surface area (Å²) in [5.74, 6) is 7.09. The second-order valence-corrected chi connectivity index (χ2v) is 5.15. The molecule has 1 aromatic heterocycles. The van der Waals surface area contributed by atoms with Gasteiger partial charge < -0.3 is 0 Å². The van der Waals surface area contributed by atoms with Gasteiger partial charge in [-0.05, 0) is 18.3 Å². The Hall–Kier alpha value is -0.520. The van der Waals surface area contributed by atoms with Crippen LogP contribution in [-0.2, 0) is 0 Å². The molecule has 1 fully saturated rings. The van der Waals surface area contributed by atoms with Gasteiger partial charge >= 0.3 is 0 Å². The molecule has 0 amide bonds. The first-order valence-electron chi connectivity index (χ1n) is 6.10. The third-order valence-corrected chi connectivity index (χ3v) is 4.29. The lowest BCUT2D eigenvalue weighted by molar-refractivity contribution is 0.174. The van der Waals surface area contributed by atoms with E-state index in [4.69, 9.17) is 5.84 Å². The Kier molecular flexibility index (Phi) is 4.26. The summed E-state index contributed by atoms with van der Waals surface area (Å²) in [4.78, 5) is 0. The predicted molar refractivity (Wildman–Crippen MR) is 65.7 cm³/mol. The summed E-state index contributed by atoms with van der Waals surface area (Å²) in [6, 6.07) is 0.184. The van der Waals surface area contributed by atoms with Crippen LogP contribution in [0.5, 0.6) is 0 Å². The molecule has 0 spiro atoms. The summed E-state index contributed by atoms with van der Waals surface area (Å²) in [6.45, 7) is 2.27. The van der Waals surface area contributed by atoms with Crippen molar-refractivity contribution < 1.29 is 0 Å². The van der Waals surface area contributed by atoms with Crippen LogP contribution in [0.25, 0.3) is 0 Å². The molecule has 1 heterocycles. The number of hydrogen-bond acceptors (Lipinski definition) is 5. The van der Waals surface area contributed by atoms with E-state index in [9.17, 15) is 0 Å². The highest BCUT2D eigenvalue weighted by atomic mass is 32.1. The van der Waals surface area contributed by atoms with Crippen molar-refractivity contribution in [2.24, 2.45) is 17.7 Å². The van der Waals surface area contributed by atoms with Crippen molar-refractivity contribution in [3.8, 4) is 0 Å². The Labute approximate surface area is 101 Å². The van der Waals surface area contributed by atoms with Crippen molar-refractivity contribution in [2.45, 2.75) is 45.1 Å². The first-order valence-corrected chi connectivity index (χ1v) is 6.83. The summed E-state index contributed by atoms with van der Waals surface area (Å²) in [7, 11) is 0. The van der Waals surface area contributed by atoms with Gasteiger partial charge in [0, 0.05) is 0 Å². The van der Waals surface area contributed by atoms with Crippen molar-refractivity contribution in [3.63, 3.8) is 0 Å². The van der Waals surface area contributed by atoms with Crippen LogP contribution in [0.3, 0.4) is 0 Å². The molecule has 3 unspecified atom stereocenters. The largest absolute Gasteiger partial charge is 0.271 e. The van der Waals surface area contributed by atoms with Gasteiger partial charge in [0.1, 0.15) is 0 Å². The summed E-state index contributed by atoms with van der Waals surface area (Å²) < 4.78 is 8.39. The summed E-state index contributed by atoms with van der Waals surface area (Å²) in [6.07, 6.45) is 8.34. The molecule has 0 saturated heterocycles. The molecule has 1 aliphatic carbocycles. The summed E-state index contributed by atoms with van der Waals surface area (Å²) in [5, 5.41) is 0. The minimum Gasteiger partial charge on any atom is -0.271 e. The van der Waals surface area contributed by atoms with E-state index < -0.39 is 0 Å². The minimum atomic E-state index is 0.184. The lowest BCUT2D eigenvalue weighted by Crippen LogP contribution is -2.38. The second-order valence-electron chi connectivity index (χ2n) is 4.59. The van der Waals surface area contributed by atoms with Crippen molar-refractivity contribution in [1.29, 1.82) is 0 Å². The number of hydrogen-bond donors (Lipinski definition) is 2. The Morgan fingerprint density at radius 3 is 3.00 bits per heavy atom. The molecule has 90 valence electrons. The van der Waals surface area contributed by atoms with Crippen LogP contribution in [-0.4, -0.2) is 8.75 Å². The van der Waals surface area contributed by atoms with Crippen LogP contribution >= 0.6 is 11.7 Å². The van der Waals surface area contributed by atoms with Gasteiger partial charge in [-0.1, -0.05) is 32.6 Å². The van der Waals surface area contributed by atoms with Gasteiger partial charge in [0.15, 0.2) is 0 Å². The molecule has 0 bridgehead atoms. The molecule has 0 aromatic carbocycles. The van der Waals surface area contributed by atoms with Crippen LogP contribution in [0.1, 0.15) is 50.8 Å². The lowest BCUT2D eigenvalue weighted by Gasteiger charge is -2.35.